The standard InChI is InChI=1S/C36H58O11/c1-31(2)9-11-36(30(44)45)12-10-34(5)18(19(36)13-31)7-8-23-32(3)14-21(40)28(33(4,17-38)27(32)20(39)15-35(23,34)6)47-29-26(43)25(42)24(41)22(16-37)46-29/h7,19-29,37-43H,8-17H2,1-6H3,(H,44,45). The number of carboxylic acids is 1. The van der Waals surface area contributed by atoms with Crippen LogP contribution < -0.4 is 0 Å². The second-order valence-electron chi connectivity index (χ2n) is 18.0. The van der Waals surface area contributed by atoms with E-state index in [2.05, 4.69) is 40.7 Å². The Morgan fingerprint density at radius 1 is 0.872 bits per heavy atom. The molecule has 1 aliphatic heterocycles. The van der Waals surface area contributed by atoms with Crippen LogP contribution in [0.4, 0.5) is 0 Å². The smallest absolute Gasteiger partial charge is 0.310 e. The lowest BCUT2D eigenvalue weighted by atomic mass is 9.33. The van der Waals surface area contributed by atoms with E-state index in [1.54, 1.807) is 6.92 Å². The number of aliphatic hydroxyl groups excluding tert-OH is 7. The van der Waals surface area contributed by atoms with Crippen LogP contribution in [0.25, 0.3) is 0 Å². The van der Waals surface area contributed by atoms with E-state index in [4.69, 9.17) is 9.47 Å². The molecular formula is C36H58O11. The van der Waals surface area contributed by atoms with Crippen LogP contribution in [0.3, 0.4) is 0 Å². The maximum Gasteiger partial charge on any atom is 0.310 e. The maximum atomic E-state index is 13.0. The van der Waals surface area contributed by atoms with Gasteiger partial charge in [0.05, 0.1) is 36.9 Å². The largest absolute Gasteiger partial charge is 0.481 e. The van der Waals surface area contributed by atoms with Gasteiger partial charge < -0.3 is 50.3 Å². The Labute approximate surface area is 278 Å². The Morgan fingerprint density at radius 2 is 1.53 bits per heavy atom. The Hall–Kier alpha value is -1.15. The lowest BCUT2D eigenvalue weighted by molar-refractivity contribution is -0.350. The highest BCUT2D eigenvalue weighted by Gasteiger charge is 2.73. The number of carbonyl (C=O) groups is 1. The first-order valence-electron chi connectivity index (χ1n) is 17.6. The number of aliphatic carboxylic acids is 1. The van der Waals surface area contributed by atoms with Gasteiger partial charge in [-0.15, -0.1) is 0 Å². The van der Waals surface area contributed by atoms with Crippen LogP contribution in [-0.4, -0.2) is 109 Å². The summed E-state index contributed by atoms with van der Waals surface area (Å²) in [5.74, 6) is -1.31. The van der Waals surface area contributed by atoms with Crippen molar-refractivity contribution in [3.05, 3.63) is 11.6 Å². The first-order valence-corrected chi connectivity index (χ1v) is 17.6. The third kappa shape index (κ3) is 4.81. The molecular weight excluding hydrogens is 608 g/mol. The van der Waals surface area contributed by atoms with Gasteiger partial charge in [0, 0.05) is 11.3 Å². The van der Waals surface area contributed by atoms with Gasteiger partial charge >= 0.3 is 5.97 Å². The molecule has 1 heterocycles. The van der Waals surface area contributed by atoms with E-state index in [1.807, 2.05) is 0 Å². The molecule has 16 atom stereocenters. The zero-order chi connectivity index (χ0) is 34.7. The van der Waals surface area contributed by atoms with Crippen LogP contribution in [0.5, 0.6) is 0 Å². The van der Waals surface area contributed by atoms with Gasteiger partial charge in [0.25, 0.3) is 0 Å². The van der Waals surface area contributed by atoms with Crippen molar-refractivity contribution < 1.29 is 55.1 Å². The molecule has 5 aliphatic carbocycles. The van der Waals surface area contributed by atoms with Crippen molar-refractivity contribution in [3.63, 3.8) is 0 Å². The fourth-order valence-electron chi connectivity index (χ4n) is 12.5. The monoisotopic (exact) mass is 666 g/mol. The molecule has 16 unspecified atom stereocenters. The van der Waals surface area contributed by atoms with Crippen molar-refractivity contribution >= 4 is 5.97 Å². The molecule has 0 radical (unpaired) electrons. The molecule has 6 rings (SSSR count). The first-order chi connectivity index (χ1) is 21.8. The maximum absolute atomic E-state index is 13.0. The molecule has 0 aromatic rings. The molecule has 11 nitrogen and oxygen atoms in total. The van der Waals surface area contributed by atoms with Gasteiger partial charge in [0.1, 0.15) is 24.4 Å². The molecule has 47 heavy (non-hydrogen) atoms. The quantitative estimate of drug-likeness (QED) is 0.158. The molecule has 0 bridgehead atoms. The van der Waals surface area contributed by atoms with Crippen molar-refractivity contribution in [1.29, 1.82) is 0 Å². The highest BCUT2D eigenvalue weighted by Crippen LogP contribution is 2.76. The van der Waals surface area contributed by atoms with Gasteiger partial charge in [-0.2, -0.15) is 0 Å². The lowest BCUT2D eigenvalue weighted by Gasteiger charge is -2.72. The van der Waals surface area contributed by atoms with Crippen LogP contribution >= 0.6 is 0 Å². The number of allylic oxidation sites excluding steroid dienone is 2. The molecule has 0 spiro atoms. The third-order valence-corrected chi connectivity index (χ3v) is 15.1. The van der Waals surface area contributed by atoms with Crippen LogP contribution in [0.2, 0.25) is 0 Å². The topological polar surface area (TPSA) is 197 Å². The first kappa shape index (κ1) is 35.7. The van der Waals surface area contributed by atoms with Crippen molar-refractivity contribution in [3.8, 4) is 0 Å². The Kier molecular flexibility index (Phi) is 8.68. The number of rotatable bonds is 5. The minimum absolute atomic E-state index is 0.000173. The van der Waals surface area contributed by atoms with Gasteiger partial charge in [-0.3, -0.25) is 4.79 Å². The molecule has 0 amide bonds. The second kappa shape index (κ2) is 11.4. The van der Waals surface area contributed by atoms with E-state index in [-0.39, 0.29) is 29.1 Å². The van der Waals surface area contributed by atoms with Crippen molar-refractivity contribution in [2.45, 2.75) is 142 Å². The normalized spacial score (nSPS) is 55.5. The molecule has 0 aromatic heterocycles. The predicted octanol–water partition coefficient (Wildman–Crippen LogP) is 1.97. The number of hydrogen-bond donors (Lipinski definition) is 8. The number of fused-ring (bicyclic) bond motifs is 7. The summed E-state index contributed by atoms with van der Waals surface area (Å²) in [6, 6.07) is 0. The highest BCUT2D eigenvalue weighted by molar-refractivity contribution is 5.76. The van der Waals surface area contributed by atoms with E-state index in [9.17, 15) is 45.6 Å². The molecule has 6 aliphatic rings. The summed E-state index contributed by atoms with van der Waals surface area (Å²) in [5.41, 5.74) is -2.18. The zero-order valence-corrected chi connectivity index (χ0v) is 28.8. The second-order valence-corrected chi connectivity index (χ2v) is 18.0. The summed E-state index contributed by atoms with van der Waals surface area (Å²) in [4.78, 5) is 13.0. The SMILES string of the molecule is CC1(C)CCC2(C(=O)O)CCC3(C)C(=CCC4C5(C)CC(O)C(OC6OC(CO)C(O)C(O)C6O)C(C)(CO)C5C(O)CC43C)C2C1. The van der Waals surface area contributed by atoms with Crippen molar-refractivity contribution in [2.24, 2.45) is 50.2 Å². The van der Waals surface area contributed by atoms with Crippen LogP contribution in [0, 0.1) is 50.2 Å². The van der Waals surface area contributed by atoms with E-state index >= 15 is 0 Å². The Bertz CT molecular complexity index is 1270. The summed E-state index contributed by atoms with van der Waals surface area (Å²) in [6.07, 6.45) is -3.47. The third-order valence-electron chi connectivity index (χ3n) is 15.1. The van der Waals surface area contributed by atoms with Gasteiger partial charge in [0.2, 0.25) is 0 Å². The summed E-state index contributed by atoms with van der Waals surface area (Å²) < 4.78 is 11.8. The number of carboxylic acid groups (broad SMARTS) is 1. The van der Waals surface area contributed by atoms with Gasteiger partial charge in [0.15, 0.2) is 6.29 Å². The minimum atomic E-state index is -1.67. The minimum Gasteiger partial charge on any atom is -0.481 e. The van der Waals surface area contributed by atoms with Gasteiger partial charge in [-0.1, -0.05) is 53.2 Å². The van der Waals surface area contributed by atoms with Crippen LogP contribution in [-0.2, 0) is 14.3 Å². The molecule has 1 saturated heterocycles. The fraction of sp³-hybridized carbons (Fsp3) is 0.917. The van der Waals surface area contributed by atoms with Crippen molar-refractivity contribution in [2.75, 3.05) is 13.2 Å². The van der Waals surface area contributed by atoms with Gasteiger partial charge in [-0.05, 0) is 84.9 Å². The molecule has 4 saturated carbocycles. The summed E-state index contributed by atoms with van der Waals surface area (Å²) in [7, 11) is 0. The van der Waals surface area contributed by atoms with E-state index < -0.39 is 95.8 Å². The highest BCUT2D eigenvalue weighted by atomic mass is 16.7. The molecule has 268 valence electrons. The summed E-state index contributed by atoms with van der Waals surface area (Å²) in [5, 5.41) is 86.9. The number of aliphatic hydroxyl groups is 7. The van der Waals surface area contributed by atoms with Gasteiger partial charge in [-0.25, -0.2) is 0 Å². The Balaban J connectivity index is 1.37. The fourth-order valence-corrected chi connectivity index (χ4v) is 12.5. The average Bonchev–Trinajstić information content (AvgIpc) is 2.98. The van der Waals surface area contributed by atoms with Crippen LogP contribution in [0.15, 0.2) is 11.6 Å². The van der Waals surface area contributed by atoms with E-state index in [1.165, 1.54) is 5.57 Å². The number of hydrogen-bond acceptors (Lipinski definition) is 10. The van der Waals surface area contributed by atoms with E-state index in [0.717, 1.165) is 12.8 Å². The molecule has 0 aromatic carbocycles. The predicted molar refractivity (Wildman–Crippen MR) is 170 cm³/mol. The van der Waals surface area contributed by atoms with E-state index in [0.29, 0.717) is 32.1 Å². The number of ether oxygens (including phenoxy) is 2. The molecule has 5 fully saturated rings. The van der Waals surface area contributed by atoms with Crippen LogP contribution in [0.1, 0.15) is 92.9 Å². The average molecular weight is 667 g/mol. The molecule has 8 N–H and O–H groups in total. The lowest BCUT2D eigenvalue weighted by Crippen LogP contribution is -2.72. The summed E-state index contributed by atoms with van der Waals surface area (Å²) in [6.45, 7) is 11.8. The molecule has 11 heteroatoms. The summed E-state index contributed by atoms with van der Waals surface area (Å²) >= 11 is 0. The Morgan fingerprint density at radius 3 is 2.15 bits per heavy atom. The van der Waals surface area contributed by atoms with Crippen molar-refractivity contribution in [1.82, 2.24) is 0 Å². The zero-order valence-electron chi connectivity index (χ0n) is 28.8.